The summed E-state index contributed by atoms with van der Waals surface area (Å²) in [6.07, 6.45) is 9.06. The van der Waals surface area contributed by atoms with Crippen molar-refractivity contribution in [2.24, 2.45) is 11.8 Å². The summed E-state index contributed by atoms with van der Waals surface area (Å²) in [7, 11) is 0. The normalized spacial score (nSPS) is 18.8. The number of carbonyl (C=O) groups is 7. The van der Waals surface area contributed by atoms with E-state index in [1.165, 1.54) is 0 Å². The Morgan fingerprint density at radius 2 is 1.22 bits per heavy atom. The van der Waals surface area contributed by atoms with E-state index in [4.69, 9.17) is 20.2 Å². The van der Waals surface area contributed by atoms with Crippen molar-refractivity contribution in [3.63, 3.8) is 0 Å². The van der Waals surface area contributed by atoms with E-state index in [1.807, 2.05) is 33.8 Å². The molecule has 2 fully saturated rings. The highest BCUT2D eigenvalue weighted by Crippen LogP contribution is 2.42. The molecule has 22 heteroatoms. The molecule has 0 radical (unpaired) electrons. The van der Waals surface area contributed by atoms with Crippen molar-refractivity contribution >= 4 is 82.4 Å². The van der Waals surface area contributed by atoms with Crippen LogP contribution in [-0.2, 0) is 62.0 Å². The lowest BCUT2D eigenvalue weighted by Gasteiger charge is -2.32. The molecule has 0 aromatic heterocycles. The Kier molecular flexibility index (Phi) is 17.8. The number of aliphatic hydroxyl groups is 1. The first-order valence-corrected chi connectivity index (χ1v) is 21.0. The van der Waals surface area contributed by atoms with E-state index in [0.29, 0.717) is 79.1 Å². The smallest absolute Gasteiger partial charge is 0.333 e. The third kappa shape index (κ3) is 12.5. The Hall–Kier alpha value is -4.94. The van der Waals surface area contributed by atoms with Gasteiger partial charge in [-0.15, -0.1) is 18.8 Å². The summed E-state index contributed by atoms with van der Waals surface area (Å²) in [6.45, 7) is 1.82. The fourth-order valence-corrected chi connectivity index (χ4v) is 7.58. The summed E-state index contributed by atoms with van der Waals surface area (Å²) in [6, 6.07) is 7.03. The van der Waals surface area contributed by atoms with Gasteiger partial charge in [-0.25, -0.2) is 24.7 Å². The maximum atomic E-state index is 13.5. The predicted molar refractivity (Wildman–Crippen MR) is 210 cm³/mol. The van der Waals surface area contributed by atoms with Gasteiger partial charge in [-0.2, -0.15) is 0 Å². The number of allylic oxidation sites excluding steroid dienone is 6. The van der Waals surface area contributed by atoms with E-state index in [1.54, 1.807) is 24.3 Å². The summed E-state index contributed by atoms with van der Waals surface area (Å²) >= 11 is 1.81. The van der Waals surface area contributed by atoms with Gasteiger partial charge in [0.05, 0.1) is 17.9 Å². The second-order valence-corrected chi connectivity index (χ2v) is 15.3. The van der Waals surface area contributed by atoms with E-state index in [2.05, 4.69) is 18.7 Å². The number of carbonyl (C=O) groups excluding carboxylic acids is 7. The van der Waals surface area contributed by atoms with E-state index < -0.39 is 47.4 Å². The SMILES string of the molecule is O=C(CCCN(CCCSOOO)c1ccc(C2=C(O)C(C3C=CC(=[N+](CCCSOOO)CCCC(=O)ON4C(=O)CCC4=O)C=C3)C2=O)cc1)ON1C(=O)CCC1=O. The fraction of sp³-hybridized carbons (Fsp3) is 0.474. The maximum Gasteiger partial charge on any atom is 0.333 e. The second kappa shape index (κ2) is 23.2. The highest BCUT2D eigenvalue weighted by atomic mass is 32.2. The van der Waals surface area contributed by atoms with E-state index in [9.17, 15) is 38.7 Å². The minimum absolute atomic E-state index is 0.00161. The van der Waals surface area contributed by atoms with Gasteiger partial charge in [0, 0.05) is 117 Å². The first-order chi connectivity index (χ1) is 29.0. The standard InChI is InChI=1S/C38H44N4O16S2/c43-29-15-16-30(44)41(29)53-33(47)5-1-19-39(21-3-23-59-57-55-51)27-11-7-25(8-12-27)35-37(49)36(38(35)50)26-9-13-28(14-10-26)40(22-4-24-60-58-56-52)20-2-6-34(48)54-42-31(45)17-18-32(42)46/h7-14,25,35H,1-6,15-24H2,(H2-,49,51,52)/p+1. The summed E-state index contributed by atoms with van der Waals surface area (Å²) in [4.78, 5) is 97.4. The molecule has 0 saturated carbocycles. The number of hydrogen-bond acceptors (Lipinski definition) is 19. The monoisotopic (exact) mass is 877 g/mol. The first kappa shape index (κ1) is 46.1. The van der Waals surface area contributed by atoms with Crippen LogP contribution in [0.15, 0.2) is 54.3 Å². The molecule has 20 nitrogen and oxygen atoms in total. The molecule has 2 aliphatic carbocycles. The van der Waals surface area contributed by atoms with E-state index >= 15 is 0 Å². The maximum absolute atomic E-state index is 13.5. The van der Waals surface area contributed by atoms with Gasteiger partial charge in [-0.05, 0) is 30.5 Å². The minimum Gasteiger partial charge on any atom is -0.511 e. The van der Waals surface area contributed by atoms with Crippen molar-refractivity contribution < 1.29 is 82.2 Å². The van der Waals surface area contributed by atoms with Crippen molar-refractivity contribution in [1.29, 1.82) is 0 Å². The highest BCUT2D eigenvalue weighted by Gasteiger charge is 2.44. The zero-order chi connectivity index (χ0) is 43.0. The van der Waals surface area contributed by atoms with Crippen LogP contribution in [0.3, 0.4) is 0 Å². The largest absolute Gasteiger partial charge is 0.511 e. The zero-order valence-corrected chi connectivity index (χ0v) is 34.0. The molecule has 5 rings (SSSR count). The second-order valence-electron chi connectivity index (χ2n) is 13.8. The van der Waals surface area contributed by atoms with Crippen LogP contribution >= 0.6 is 24.1 Å². The van der Waals surface area contributed by atoms with Gasteiger partial charge in [0.15, 0.2) is 11.5 Å². The molecule has 0 spiro atoms. The third-order valence-corrected chi connectivity index (χ3v) is 11.0. The lowest BCUT2D eigenvalue weighted by molar-refractivity contribution is -0.526. The van der Waals surface area contributed by atoms with Gasteiger partial charge < -0.3 is 19.7 Å². The summed E-state index contributed by atoms with van der Waals surface area (Å²) < 4.78 is 10.9. The van der Waals surface area contributed by atoms with Gasteiger partial charge in [0.1, 0.15) is 18.8 Å². The van der Waals surface area contributed by atoms with Crippen LogP contribution in [0, 0.1) is 11.8 Å². The van der Waals surface area contributed by atoms with Crippen molar-refractivity contribution in [3.05, 3.63) is 59.9 Å². The number of anilines is 1. The number of rotatable bonds is 25. The number of amides is 4. The average molecular weight is 878 g/mol. The van der Waals surface area contributed by atoms with Crippen molar-refractivity contribution in [2.75, 3.05) is 42.6 Å². The number of imide groups is 2. The number of ketones is 1. The topological polar surface area (TPSA) is 248 Å². The molecule has 1 aromatic rings. The molecule has 1 aromatic carbocycles. The number of nitrogens with zero attached hydrogens (tertiary/aromatic N) is 4. The summed E-state index contributed by atoms with van der Waals surface area (Å²) in [5.74, 6) is -4.21. The van der Waals surface area contributed by atoms with Gasteiger partial charge in [-0.3, -0.25) is 24.0 Å². The third-order valence-electron chi connectivity index (χ3n) is 9.81. The molecule has 4 amide bonds. The molecule has 1 atom stereocenters. The molecule has 4 aliphatic rings. The van der Waals surface area contributed by atoms with Crippen LogP contribution in [0.4, 0.5) is 5.69 Å². The molecular weight excluding hydrogens is 833 g/mol. The zero-order valence-electron chi connectivity index (χ0n) is 32.3. The predicted octanol–water partition coefficient (Wildman–Crippen LogP) is 3.85. The van der Waals surface area contributed by atoms with E-state index in [-0.39, 0.29) is 55.6 Å². The molecule has 0 bridgehead atoms. The van der Waals surface area contributed by atoms with Gasteiger partial charge in [0.2, 0.25) is 0 Å². The quantitative estimate of drug-likeness (QED) is 0.0315. The first-order valence-electron chi connectivity index (χ1n) is 19.2. The van der Waals surface area contributed by atoms with Crippen LogP contribution in [-0.4, -0.2) is 115 Å². The molecular formula is C38H45N4O16S2+. The Labute approximate surface area is 352 Å². The number of benzene rings is 1. The van der Waals surface area contributed by atoms with Gasteiger partial charge in [0.25, 0.3) is 23.6 Å². The fourth-order valence-electron chi connectivity index (χ4n) is 6.86. The molecule has 60 heavy (non-hydrogen) atoms. The van der Waals surface area contributed by atoms with Crippen molar-refractivity contribution in [3.8, 4) is 0 Å². The van der Waals surface area contributed by atoms with Crippen molar-refractivity contribution in [2.45, 2.75) is 64.2 Å². The average Bonchev–Trinajstić information content (AvgIpc) is 3.73. The van der Waals surface area contributed by atoms with Crippen LogP contribution in [0.5, 0.6) is 0 Å². The number of hydrogen-bond donors (Lipinski definition) is 3. The molecule has 3 N–H and O–H groups in total. The van der Waals surface area contributed by atoms with Crippen LogP contribution < -0.4 is 4.90 Å². The van der Waals surface area contributed by atoms with Crippen LogP contribution in [0.25, 0.3) is 5.57 Å². The molecule has 2 heterocycles. The Balaban J connectivity index is 1.19. The van der Waals surface area contributed by atoms with E-state index in [0.717, 1.165) is 35.5 Å². The van der Waals surface area contributed by atoms with Crippen LogP contribution in [0.2, 0.25) is 0 Å². The number of aliphatic hydroxyl groups excluding tert-OH is 1. The Morgan fingerprint density at radius 1 is 0.717 bits per heavy atom. The summed E-state index contributed by atoms with van der Waals surface area (Å²) in [5, 5.41) is 36.3. The highest BCUT2D eigenvalue weighted by molar-refractivity contribution is 7.94. The minimum atomic E-state index is -0.787. The van der Waals surface area contributed by atoms with Gasteiger partial charge >= 0.3 is 11.9 Å². The molecule has 324 valence electrons. The molecule has 1 unspecified atom stereocenters. The lowest BCUT2D eigenvalue weighted by atomic mass is 9.71. The Bertz CT molecular complexity index is 1850. The molecule has 2 aliphatic heterocycles. The number of Topliss-reactive ketones (excluding diaryl/α,β-unsaturated/α-hetero) is 1. The molecule has 2 saturated heterocycles. The lowest BCUT2D eigenvalue weighted by Crippen LogP contribution is -2.36. The number of hydroxylamine groups is 4. The van der Waals surface area contributed by atoms with Crippen LogP contribution in [0.1, 0.15) is 69.8 Å². The van der Waals surface area contributed by atoms with Gasteiger partial charge in [-0.1, -0.05) is 34.4 Å². The van der Waals surface area contributed by atoms with Crippen molar-refractivity contribution in [1.82, 2.24) is 10.1 Å². The Morgan fingerprint density at radius 3 is 1.75 bits per heavy atom. The summed E-state index contributed by atoms with van der Waals surface area (Å²) in [5.41, 5.74) is 2.28.